The lowest BCUT2D eigenvalue weighted by atomic mass is 10.1. The molecule has 0 unspecified atom stereocenters. The van der Waals surface area contributed by atoms with Crippen molar-refractivity contribution >= 4 is 40.0 Å². The minimum atomic E-state index is -0.0111. The van der Waals surface area contributed by atoms with Gasteiger partial charge < -0.3 is 4.74 Å². The highest BCUT2D eigenvalue weighted by molar-refractivity contribution is 14.1. The molecule has 14 heavy (non-hydrogen) atoms. The van der Waals surface area contributed by atoms with Crippen LogP contribution >= 0.6 is 34.2 Å². The molecule has 0 saturated carbocycles. The van der Waals surface area contributed by atoms with Crippen LogP contribution in [0.3, 0.4) is 0 Å². The summed E-state index contributed by atoms with van der Waals surface area (Å²) in [6.07, 6.45) is 0. The number of Topliss-reactive ketones (excluding diaryl/α,β-unsaturated/α-hetero) is 1. The molecule has 0 N–H and O–H groups in total. The van der Waals surface area contributed by atoms with Gasteiger partial charge in [0, 0.05) is 9.64 Å². The van der Waals surface area contributed by atoms with E-state index in [4.69, 9.17) is 16.3 Å². The summed E-state index contributed by atoms with van der Waals surface area (Å²) in [4.78, 5) is 11.3. The number of ketones is 1. The molecule has 2 nitrogen and oxygen atoms in total. The van der Waals surface area contributed by atoms with Crippen LogP contribution < -0.4 is 4.74 Å². The molecule has 4 heteroatoms. The Morgan fingerprint density at radius 2 is 2.21 bits per heavy atom. The van der Waals surface area contributed by atoms with E-state index in [0.717, 1.165) is 3.57 Å². The summed E-state index contributed by atoms with van der Waals surface area (Å²) in [6, 6.07) is 3.43. The molecule has 0 spiro atoms. The number of rotatable bonds is 3. The number of carbonyl (C=O) groups excluding carboxylic acids is 1. The Bertz CT molecular complexity index is 363. The van der Waals surface area contributed by atoms with Crippen molar-refractivity contribution in [2.75, 3.05) is 6.61 Å². The molecule has 0 aliphatic carbocycles. The molecule has 0 saturated heterocycles. The minimum absolute atomic E-state index is 0.0111. The smallest absolute Gasteiger partial charge is 0.163 e. The maximum absolute atomic E-state index is 11.3. The molecular weight excluding hydrogens is 314 g/mol. The second-order valence-electron chi connectivity index (χ2n) is 2.75. The van der Waals surface area contributed by atoms with Crippen molar-refractivity contribution in [1.29, 1.82) is 0 Å². The van der Waals surface area contributed by atoms with Gasteiger partial charge in [-0.05, 0) is 42.5 Å². The third-order valence-electron chi connectivity index (χ3n) is 1.70. The summed E-state index contributed by atoms with van der Waals surface area (Å²) < 4.78 is 6.18. The number of benzene rings is 1. The lowest BCUT2D eigenvalue weighted by Crippen LogP contribution is -2.01. The SMILES string of the molecule is CCOc1cc(Cl)c(I)cc1C(C)=O. The van der Waals surface area contributed by atoms with E-state index in [9.17, 15) is 4.79 Å². The second-order valence-corrected chi connectivity index (χ2v) is 4.32. The van der Waals surface area contributed by atoms with Crippen LogP contribution in [0.5, 0.6) is 5.75 Å². The maximum Gasteiger partial charge on any atom is 0.163 e. The van der Waals surface area contributed by atoms with Crippen molar-refractivity contribution in [1.82, 2.24) is 0 Å². The first-order valence-electron chi connectivity index (χ1n) is 4.19. The number of hydrogen-bond acceptors (Lipinski definition) is 2. The van der Waals surface area contributed by atoms with Gasteiger partial charge in [0.25, 0.3) is 0 Å². The fraction of sp³-hybridized carbons (Fsp3) is 0.300. The quantitative estimate of drug-likeness (QED) is 0.628. The first-order valence-corrected chi connectivity index (χ1v) is 5.64. The lowest BCUT2D eigenvalue weighted by molar-refractivity contribution is 0.101. The molecule has 0 heterocycles. The summed E-state index contributed by atoms with van der Waals surface area (Å²) in [5.74, 6) is 0.549. The van der Waals surface area contributed by atoms with Gasteiger partial charge in [-0.15, -0.1) is 0 Å². The van der Waals surface area contributed by atoms with E-state index in [0.29, 0.717) is 22.9 Å². The van der Waals surface area contributed by atoms with Crippen LogP contribution in [0.25, 0.3) is 0 Å². The van der Waals surface area contributed by atoms with Crippen LogP contribution in [-0.2, 0) is 0 Å². The molecule has 0 bridgehead atoms. The highest BCUT2D eigenvalue weighted by atomic mass is 127. The minimum Gasteiger partial charge on any atom is -0.493 e. The van der Waals surface area contributed by atoms with Crippen LogP contribution in [0.2, 0.25) is 5.02 Å². The fourth-order valence-corrected chi connectivity index (χ4v) is 1.70. The van der Waals surface area contributed by atoms with Gasteiger partial charge in [0.05, 0.1) is 17.2 Å². The van der Waals surface area contributed by atoms with E-state index < -0.39 is 0 Å². The van der Waals surface area contributed by atoms with E-state index in [1.807, 2.05) is 6.92 Å². The van der Waals surface area contributed by atoms with E-state index in [2.05, 4.69) is 22.6 Å². The predicted octanol–water partition coefficient (Wildman–Crippen LogP) is 3.55. The highest BCUT2D eigenvalue weighted by Gasteiger charge is 2.11. The Morgan fingerprint density at radius 1 is 1.57 bits per heavy atom. The van der Waals surface area contributed by atoms with Crippen molar-refractivity contribution in [2.45, 2.75) is 13.8 Å². The monoisotopic (exact) mass is 324 g/mol. The zero-order chi connectivity index (χ0) is 10.7. The van der Waals surface area contributed by atoms with Crippen LogP contribution in [0.15, 0.2) is 12.1 Å². The Balaban J connectivity index is 3.24. The topological polar surface area (TPSA) is 26.3 Å². The summed E-state index contributed by atoms with van der Waals surface area (Å²) in [7, 11) is 0. The number of halogens is 2. The van der Waals surface area contributed by atoms with E-state index >= 15 is 0 Å². The molecule has 0 aromatic heterocycles. The molecule has 0 amide bonds. The Kier molecular flexibility index (Phi) is 4.19. The van der Waals surface area contributed by atoms with Crippen molar-refractivity contribution in [2.24, 2.45) is 0 Å². The molecule has 76 valence electrons. The fourth-order valence-electron chi connectivity index (χ4n) is 1.08. The molecule has 0 aliphatic rings. The molecule has 0 fully saturated rings. The summed E-state index contributed by atoms with van der Waals surface area (Å²) in [6.45, 7) is 3.91. The number of ether oxygens (including phenoxy) is 1. The van der Waals surface area contributed by atoms with Gasteiger partial charge >= 0.3 is 0 Å². The summed E-state index contributed by atoms with van der Waals surface area (Å²) in [5.41, 5.74) is 0.584. The molecular formula is C10H10ClIO2. The van der Waals surface area contributed by atoms with E-state index in [1.54, 1.807) is 12.1 Å². The maximum atomic E-state index is 11.3. The molecule has 0 atom stereocenters. The van der Waals surface area contributed by atoms with E-state index in [-0.39, 0.29) is 5.78 Å². The van der Waals surface area contributed by atoms with Gasteiger partial charge in [0.2, 0.25) is 0 Å². The zero-order valence-corrected chi connectivity index (χ0v) is 10.8. The molecule has 0 radical (unpaired) electrons. The Labute approximate surface area is 102 Å². The Morgan fingerprint density at radius 3 is 2.71 bits per heavy atom. The highest BCUT2D eigenvalue weighted by Crippen LogP contribution is 2.28. The third kappa shape index (κ3) is 2.60. The third-order valence-corrected chi connectivity index (χ3v) is 3.23. The Hall–Kier alpha value is -0.290. The second kappa shape index (κ2) is 4.98. The van der Waals surface area contributed by atoms with Gasteiger partial charge in [-0.2, -0.15) is 0 Å². The van der Waals surface area contributed by atoms with Gasteiger partial charge in [0.1, 0.15) is 5.75 Å². The van der Waals surface area contributed by atoms with Gasteiger partial charge in [-0.25, -0.2) is 0 Å². The average molecular weight is 325 g/mol. The summed E-state index contributed by atoms with van der Waals surface area (Å²) in [5, 5.41) is 0.610. The molecule has 0 aliphatic heterocycles. The standard InChI is InChI=1S/C10H10ClIO2/c1-3-14-10-5-8(11)9(12)4-7(10)6(2)13/h4-5H,3H2,1-2H3. The lowest BCUT2D eigenvalue weighted by Gasteiger charge is -2.09. The molecule has 1 rings (SSSR count). The van der Waals surface area contributed by atoms with Crippen molar-refractivity contribution in [3.8, 4) is 5.75 Å². The summed E-state index contributed by atoms with van der Waals surface area (Å²) >= 11 is 8.02. The van der Waals surface area contributed by atoms with Crippen molar-refractivity contribution < 1.29 is 9.53 Å². The van der Waals surface area contributed by atoms with Gasteiger partial charge in [-0.3, -0.25) is 4.79 Å². The largest absolute Gasteiger partial charge is 0.493 e. The van der Waals surface area contributed by atoms with Crippen molar-refractivity contribution in [3.63, 3.8) is 0 Å². The first kappa shape index (κ1) is 11.8. The van der Waals surface area contributed by atoms with Crippen LogP contribution in [0, 0.1) is 3.57 Å². The zero-order valence-electron chi connectivity index (χ0n) is 7.93. The molecule has 1 aromatic rings. The first-order chi connectivity index (χ1) is 6.56. The average Bonchev–Trinajstić information content (AvgIpc) is 2.11. The van der Waals surface area contributed by atoms with Crippen LogP contribution in [0.1, 0.15) is 24.2 Å². The van der Waals surface area contributed by atoms with Crippen molar-refractivity contribution in [3.05, 3.63) is 26.3 Å². The van der Waals surface area contributed by atoms with Gasteiger partial charge in [-0.1, -0.05) is 11.6 Å². The van der Waals surface area contributed by atoms with Crippen LogP contribution in [-0.4, -0.2) is 12.4 Å². The predicted molar refractivity (Wildman–Crippen MR) is 65.3 cm³/mol. The van der Waals surface area contributed by atoms with E-state index in [1.165, 1.54) is 6.92 Å². The number of hydrogen-bond donors (Lipinski definition) is 0. The number of carbonyl (C=O) groups is 1. The van der Waals surface area contributed by atoms with Gasteiger partial charge in [0.15, 0.2) is 5.78 Å². The molecule has 1 aromatic carbocycles. The van der Waals surface area contributed by atoms with Crippen LogP contribution in [0.4, 0.5) is 0 Å². The normalized spacial score (nSPS) is 10.0.